The van der Waals surface area contributed by atoms with Gasteiger partial charge in [-0.05, 0) is 30.3 Å². The minimum absolute atomic E-state index is 0.303. The number of thiocarbonyl (C=S) groups is 2. The number of hydrogen-bond donors (Lipinski definition) is 2. The van der Waals surface area contributed by atoms with Crippen molar-refractivity contribution in [1.29, 1.82) is 0 Å². The quantitative estimate of drug-likeness (QED) is 0.818. The van der Waals surface area contributed by atoms with Crippen LogP contribution in [0.4, 0.5) is 15.8 Å². The first-order valence-electron chi connectivity index (χ1n) is 6.04. The molecule has 0 heterocycles. The van der Waals surface area contributed by atoms with Gasteiger partial charge >= 0.3 is 0 Å². The van der Waals surface area contributed by atoms with E-state index < -0.39 is 0 Å². The molecule has 20 heavy (non-hydrogen) atoms. The maximum absolute atomic E-state index is 13.0. The van der Waals surface area contributed by atoms with Gasteiger partial charge in [-0.25, -0.2) is 4.39 Å². The minimum atomic E-state index is -0.303. The van der Waals surface area contributed by atoms with Crippen LogP contribution in [-0.4, -0.2) is 9.98 Å². The van der Waals surface area contributed by atoms with Gasteiger partial charge in [0, 0.05) is 17.8 Å². The molecule has 0 aromatic heterocycles. The topological polar surface area (TPSA) is 24.1 Å². The molecule has 0 fully saturated rings. The van der Waals surface area contributed by atoms with Gasteiger partial charge in [0.1, 0.15) is 5.82 Å². The Kier molecular flexibility index (Phi) is 5.15. The van der Waals surface area contributed by atoms with E-state index in [9.17, 15) is 4.39 Å². The number of nitrogens with one attached hydrogen (secondary N) is 2. The lowest BCUT2D eigenvalue weighted by Gasteiger charge is -2.10. The van der Waals surface area contributed by atoms with Crippen molar-refractivity contribution in [3.05, 3.63) is 60.4 Å². The summed E-state index contributed by atoms with van der Waals surface area (Å²) in [6.45, 7) is 0. The van der Waals surface area contributed by atoms with E-state index in [0.717, 1.165) is 5.69 Å². The van der Waals surface area contributed by atoms with Gasteiger partial charge in [-0.1, -0.05) is 48.7 Å². The molecule has 0 unspecified atom stereocenters. The Balaban J connectivity index is 1.87. The molecule has 0 saturated carbocycles. The lowest BCUT2D eigenvalue weighted by molar-refractivity contribution is 0.628. The second-order valence-electron chi connectivity index (χ2n) is 4.15. The fraction of sp³-hybridized carbons (Fsp3) is 0.0667. The van der Waals surface area contributed by atoms with Crippen LogP contribution in [0.1, 0.15) is 6.42 Å². The van der Waals surface area contributed by atoms with E-state index in [0.29, 0.717) is 22.1 Å². The minimum Gasteiger partial charge on any atom is -0.350 e. The second-order valence-corrected chi connectivity index (χ2v) is 5.14. The number of para-hydroxylation sites is 1. The van der Waals surface area contributed by atoms with Gasteiger partial charge in [0.15, 0.2) is 0 Å². The van der Waals surface area contributed by atoms with Crippen molar-refractivity contribution in [2.24, 2.45) is 0 Å². The normalized spacial score (nSPS) is 9.85. The Bertz CT molecular complexity index is 614. The number of hydrogen-bond acceptors (Lipinski definition) is 2. The number of rotatable bonds is 4. The van der Waals surface area contributed by atoms with Crippen LogP contribution in [0, 0.1) is 5.82 Å². The molecule has 0 aliphatic heterocycles. The smallest absolute Gasteiger partial charge is 0.125 e. The predicted molar refractivity (Wildman–Crippen MR) is 89.9 cm³/mol. The van der Waals surface area contributed by atoms with Crippen LogP contribution in [0.15, 0.2) is 54.6 Å². The van der Waals surface area contributed by atoms with Crippen molar-refractivity contribution in [1.82, 2.24) is 0 Å². The highest BCUT2D eigenvalue weighted by Crippen LogP contribution is 2.11. The van der Waals surface area contributed by atoms with Gasteiger partial charge in [-0.2, -0.15) is 0 Å². The predicted octanol–water partition coefficient (Wildman–Crippen LogP) is 4.39. The molecule has 0 saturated heterocycles. The maximum atomic E-state index is 13.0. The molecule has 2 rings (SSSR count). The summed E-state index contributed by atoms with van der Waals surface area (Å²) in [4.78, 5) is 1.16. The fourth-order valence-corrected chi connectivity index (χ4v) is 2.26. The molecule has 5 heteroatoms. The third kappa shape index (κ3) is 4.68. The molecule has 0 aliphatic rings. The Morgan fingerprint density at radius 2 is 1.45 bits per heavy atom. The summed E-state index contributed by atoms with van der Waals surface area (Å²) in [5.41, 5.74) is 1.54. The van der Waals surface area contributed by atoms with Crippen molar-refractivity contribution in [2.45, 2.75) is 6.42 Å². The lowest BCUT2D eigenvalue weighted by Crippen LogP contribution is -2.18. The van der Waals surface area contributed by atoms with Gasteiger partial charge in [0.2, 0.25) is 0 Å². The molecule has 0 atom stereocenters. The maximum Gasteiger partial charge on any atom is 0.125 e. The average Bonchev–Trinajstić information content (AvgIpc) is 2.39. The Labute approximate surface area is 128 Å². The third-order valence-corrected chi connectivity index (χ3v) is 2.98. The monoisotopic (exact) mass is 304 g/mol. The first-order valence-corrected chi connectivity index (χ1v) is 6.85. The van der Waals surface area contributed by atoms with E-state index in [-0.39, 0.29) is 5.82 Å². The van der Waals surface area contributed by atoms with E-state index in [2.05, 4.69) is 10.6 Å². The highest BCUT2D eigenvalue weighted by atomic mass is 32.1. The van der Waals surface area contributed by atoms with Crippen LogP contribution >= 0.6 is 24.4 Å². The molecule has 2 N–H and O–H groups in total. The Hall–Kier alpha value is -1.85. The molecule has 0 aliphatic carbocycles. The van der Waals surface area contributed by atoms with E-state index in [1.807, 2.05) is 30.3 Å². The summed E-state index contributed by atoms with van der Waals surface area (Å²) in [5, 5.41) is 6.06. The molecule has 2 aromatic rings. The highest BCUT2D eigenvalue weighted by Gasteiger charge is 2.04. The van der Waals surface area contributed by atoms with Crippen LogP contribution in [-0.2, 0) is 0 Å². The van der Waals surface area contributed by atoms with Crippen LogP contribution in [0.3, 0.4) is 0 Å². The van der Waals surface area contributed by atoms with Crippen molar-refractivity contribution in [3.63, 3.8) is 0 Å². The first kappa shape index (κ1) is 14.6. The molecule has 0 amide bonds. The summed E-state index contributed by atoms with van der Waals surface area (Å²) in [7, 11) is 0. The van der Waals surface area contributed by atoms with Crippen molar-refractivity contribution in [3.8, 4) is 0 Å². The van der Waals surface area contributed by atoms with Gasteiger partial charge in [-0.3, -0.25) is 0 Å². The Morgan fingerprint density at radius 1 is 0.850 bits per heavy atom. The molecule has 0 radical (unpaired) electrons. The highest BCUT2D eigenvalue weighted by molar-refractivity contribution is 7.82. The van der Waals surface area contributed by atoms with Gasteiger partial charge in [0.25, 0.3) is 0 Å². The molecule has 102 valence electrons. The summed E-state index contributed by atoms with van der Waals surface area (Å²) >= 11 is 10.5. The van der Waals surface area contributed by atoms with Crippen LogP contribution < -0.4 is 10.6 Å². The van der Waals surface area contributed by atoms with E-state index >= 15 is 0 Å². The third-order valence-electron chi connectivity index (χ3n) is 2.49. The molecular weight excluding hydrogens is 291 g/mol. The number of anilines is 2. The van der Waals surface area contributed by atoms with Crippen molar-refractivity contribution < 1.29 is 4.39 Å². The fourth-order valence-electron chi connectivity index (χ4n) is 1.64. The molecule has 2 nitrogen and oxygen atoms in total. The largest absolute Gasteiger partial charge is 0.350 e. The zero-order valence-corrected chi connectivity index (χ0v) is 12.2. The van der Waals surface area contributed by atoms with Crippen LogP contribution in [0.2, 0.25) is 0 Å². The van der Waals surface area contributed by atoms with Gasteiger partial charge in [-0.15, -0.1) is 0 Å². The SMILES string of the molecule is Fc1cccc(NC(=S)CC(=S)Nc2ccccc2)c1. The molecule has 0 bridgehead atoms. The number of halogens is 1. The standard InChI is InChI=1S/C15H13FN2S2/c16-11-5-4-8-13(9-11)18-15(20)10-14(19)17-12-6-2-1-3-7-12/h1-9H,10H2,(H,17,19)(H,18,20). The average molecular weight is 304 g/mol. The zero-order valence-electron chi connectivity index (χ0n) is 10.6. The second kappa shape index (κ2) is 7.07. The summed E-state index contributed by atoms with van der Waals surface area (Å²) in [6, 6.07) is 15.8. The number of benzene rings is 2. The van der Waals surface area contributed by atoms with Crippen LogP contribution in [0.25, 0.3) is 0 Å². The summed E-state index contributed by atoms with van der Waals surface area (Å²) in [6.07, 6.45) is 0.413. The molecule has 0 spiro atoms. The van der Waals surface area contributed by atoms with Gasteiger partial charge in [0.05, 0.1) is 9.98 Å². The van der Waals surface area contributed by atoms with E-state index in [1.54, 1.807) is 12.1 Å². The van der Waals surface area contributed by atoms with E-state index in [4.69, 9.17) is 24.4 Å². The van der Waals surface area contributed by atoms with E-state index in [1.165, 1.54) is 12.1 Å². The van der Waals surface area contributed by atoms with Crippen LogP contribution in [0.5, 0.6) is 0 Å². The molecular formula is C15H13FN2S2. The summed E-state index contributed by atoms with van der Waals surface area (Å²) < 4.78 is 13.0. The zero-order chi connectivity index (χ0) is 14.4. The van der Waals surface area contributed by atoms with Crippen molar-refractivity contribution in [2.75, 3.05) is 10.6 Å². The van der Waals surface area contributed by atoms with Gasteiger partial charge < -0.3 is 10.6 Å². The first-order chi connectivity index (χ1) is 9.63. The summed E-state index contributed by atoms with van der Waals surface area (Å²) in [5.74, 6) is -0.303. The Morgan fingerprint density at radius 3 is 2.10 bits per heavy atom. The lowest BCUT2D eigenvalue weighted by atomic mass is 10.3. The molecule has 2 aromatic carbocycles. The van der Waals surface area contributed by atoms with Crippen molar-refractivity contribution >= 4 is 45.8 Å².